The predicted octanol–water partition coefficient (Wildman–Crippen LogP) is 0.255. The molecule has 6 heteroatoms. The number of hydrogen-bond donors (Lipinski definition) is 5. The molecule has 0 saturated heterocycles. The molecule has 19 heavy (non-hydrogen) atoms. The van der Waals surface area contributed by atoms with Crippen LogP contribution in [0.5, 0.6) is 11.5 Å². The van der Waals surface area contributed by atoms with Crippen molar-refractivity contribution in [2.24, 2.45) is 11.5 Å². The Labute approximate surface area is 113 Å². The molecule has 0 heterocycles. The van der Waals surface area contributed by atoms with Crippen LogP contribution in [-0.2, 0) is 11.2 Å². The SMILES string of the molecule is C=C(C)C(N)=O.CO.NCCc1ccc(O)c(O)c1. The Balaban J connectivity index is 0. The Morgan fingerprint density at radius 2 is 1.74 bits per heavy atom. The molecule has 0 radical (unpaired) electrons. The summed E-state index contributed by atoms with van der Waals surface area (Å²) in [5, 5.41) is 25.0. The van der Waals surface area contributed by atoms with Crippen molar-refractivity contribution in [3.8, 4) is 11.5 Å². The van der Waals surface area contributed by atoms with E-state index in [0.717, 1.165) is 12.7 Å². The van der Waals surface area contributed by atoms with Gasteiger partial charge in [0.1, 0.15) is 0 Å². The van der Waals surface area contributed by atoms with Crippen LogP contribution in [0.3, 0.4) is 0 Å². The first-order valence-corrected chi connectivity index (χ1v) is 5.49. The van der Waals surface area contributed by atoms with Crippen molar-refractivity contribution in [2.45, 2.75) is 13.3 Å². The van der Waals surface area contributed by atoms with Crippen molar-refractivity contribution in [3.63, 3.8) is 0 Å². The first kappa shape index (κ1) is 19.3. The second kappa shape index (κ2) is 11.1. The van der Waals surface area contributed by atoms with E-state index in [0.29, 0.717) is 18.5 Å². The van der Waals surface area contributed by atoms with Crippen molar-refractivity contribution >= 4 is 5.91 Å². The fourth-order valence-corrected chi connectivity index (χ4v) is 0.891. The second-order valence-electron chi connectivity index (χ2n) is 3.51. The lowest BCUT2D eigenvalue weighted by Crippen LogP contribution is -2.10. The maximum absolute atomic E-state index is 9.82. The highest BCUT2D eigenvalue weighted by atomic mass is 16.3. The van der Waals surface area contributed by atoms with Gasteiger partial charge in [-0.15, -0.1) is 0 Å². The van der Waals surface area contributed by atoms with E-state index in [-0.39, 0.29) is 11.5 Å². The summed E-state index contributed by atoms with van der Waals surface area (Å²) in [6.45, 7) is 5.40. The number of carbonyl (C=O) groups excluding carboxylic acids is 1. The van der Waals surface area contributed by atoms with Gasteiger partial charge < -0.3 is 26.8 Å². The molecule has 1 aromatic rings. The average molecular weight is 270 g/mol. The van der Waals surface area contributed by atoms with E-state index in [1.54, 1.807) is 13.0 Å². The average Bonchev–Trinajstić information content (AvgIpc) is 2.37. The number of phenolic OH excluding ortho intramolecular Hbond substituents is 2. The number of aromatic hydroxyl groups is 2. The summed E-state index contributed by atoms with van der Waals surface area (Å²) in [6.07, 6.45) is 0.716. The molecular formula is C13H22N2O4. The molecule has 1 aromatic carbocycles. The molecule has 0 fully saturated rings. The van der Waals surface area contributed by atoms with Gasteiger partial charge in [-0.05, 0) is 37.6 Å². The lowest BCUT2D eigenvalue weighted by atomic mass is 10.1. The molecule has 108 valence electrons. The van der Waals surface area contributed by atoms with Crippen LogP contribution >= 0.6 is 0 Å². The molecule has 0 aliphatic carbocycles. The minimum Gasteiger partial charge on any atom is -0.504 e. The van der Waals surface area contributed by atoms with Gasteiger partial charge in [-0.25, -0.2) is 0 Å². The lowest BCUT2D eigenvalue weighted by molar-refractivity contribution is -0.114. The Morgan fingerprint density at radius 3 is 2.05 bits per heavy atom. The van der Waals surface area contributed by atoms with E-state index in [9.17, 15) is 4.79 Å². The van der Waals surface area contributed by atoms with Crippen LogP contribution in [0.1, 0.15) is 12.5 Å². The number of aliphatic hydroxyl groups is 1. The molecule has 0 atom stereocenters. The number of aliphatic hydroxyl groups excluding tert-OH is 1. The minimum atomic E-state index is -0.435. The lowest BCUT2D eigenvalue weighted by Gasteiger charge is -2.00. The number of carbonyl (C=O) groups is 1. The maximum atomic E-state index is 9.82. The van der Waals surface area contributed by atoms with Gasteiger partial charge >= 0.3 is 0 Å². The summed E-state index contributed by atoms with van der Waals surface area (Å²) in [5.74, 6) is -0.614. The van der Waals surface area contributed by atoms with Gasteiger partial charge in [-0.3, -0.25) is 4.79 Å². The van der Waals surface area contributed by atoms with Gasteiger partial charge in [0.05, 0.1) is 0 Å². The van der Waals surface area contributed by atoms with Gasteiger partial charge in [-0.1, -0.05) is 12.6 Å². The number of primary amides is 1. The van der Waals surface area contributed by atoms with Gasteiger partial charge in [0, 0.05) is 12.7 Å². The van der Waals surface area contributed by atoms with E-state index < -0.39 is 5.91 Å². The summed E-state index contributed by atoms with van der Waals surface area (Å²) in [7, 11) is 1.00. The molecule has 0 aliphatic rings. The first-order chi connectivity index (χ1) is 8.88. The Bertz CT molecular complexity index is 394. The van der Waals surface area contributed by atoms with Crippen molar-refractivity contribution in [1.82, 2.24) is 0 Å². The van der Waals surface area contributed by atoms with Crippen LogP contribution < -0.4 is 11.5 Å². The van der Waals surface area contributed by atoms with Gasteiger partial charge in [-0.2, -0.15) is 0 Å². The monoisotopic (exact) mass is 270 g/mol. The van der Waals surface area contributed by atoms with Crippen molar-refractivity contribution < 1.29 is 20.1 Å². The van der Waals surface area contributed by atoms with Crippen LogP contribution in [0, 0.1) is 0 Å². The normalized spacial score (nSPS) is 8.42. The maximum Gasteiger partial charge on any atom is 0.243 e. The quantitative estimate of drug-likeness (QED) is 0.397. The number of hydrogen-bond acceptors (Lipinski definition) is 5. The molecule has 0 saturated carbocycles. The van der Waals surface area contributed by atoms with Crippen LogP contribution in [0.4, 0.5) is 0 Å². The van der Waals surface area contributed by atoms with Crippen molar-refractivity contribution in [3.05, 3.63) is 35.9 Å². The smallest absolute Gasteiger partial charge is 0.243 e. The van der Waals surface area contributed by atoms with Crippen LogP contribution in [0.25, 0.3) is 0 Å². The second-order valence-corrected chi connectivity index (χ2v) is 3.51. The highest BCUT2D eigenvalue weighted by Gasteiger charge is 1.98. The molecule has 0 unspecified atom stereocenters. The molecular weight excluding hydrogens is 248 g/mol. The molecule has 1 rings (SSSR count). The number of nitrogens with two attached hydrogens (primary N) is 2. The van der Waals surface area contributed by atoms with E-state index in [2.05, 4.69) is 6.58 Å². The number of rotatable bonds is 3. The first-order valence-electron chi connectivity index (χ1n) is 5.49. The molecule has 0 aliphatic heterocycles. The zero-order valence-corrected chi connectivity index (χ0v) is 11.3. The summed E-state index contributed by atoms with van der Waals surface area (Å²) in [6, 6.07) is 4.71. The number of benzene rings is 1. The third kappa shape index (κ3) is 9.63. The Morgan fingerprint density at radius 1 is 1.26 bits per heavy atom. The molecule has 1 amide bonds. The number of amides is 1. The highest BCUT2D eigenvalue weighted by Crippen LogP contribution is 2.24. The fraction of sp³-hybridized carbons (Fsp3) is 0.308. The zero-order valence-electron chi connectivity index (χ0n) is 11.3. The highest BCUT2D eigenvalue weighted by molar-refractivity contribution is 5.90. The summed E-state index contributed by atoms with van der Waals surface area (Å²) in [4.78, 5) is 9.82. The Kier molecular flexibility index (Phi) is 11.2. The van der Waals surface area contributed by atoms with Crippen LogP contribution in [0.2, 0.25) is 0 Å². The third-order valence-corrected chi connectivity index (χ3v) is 1.89. The van der Waals surface area contributed by atoms with Crippen LogP contribution in [0.15, 0.2) is 30.4 Å². The van der Waals surface area contributed by atoms with Gasteiger partial charge in [0.2, 0.25) is 5.91 Å². The molecule has 6 nitrogen and oxygen atoms in total. The standard InChI is InChI=1S/C8H11NO2.C4H7NO.CH4O/c9-4-3-6-1-2-7(10)8(11)5-6;1-3(2)4(5)6;1-2/h1-2,5,10-11H,3-4,9H2;1H2,2H3,(H2,5,6);2H,1H3. The van der Waals surface area contributed by atoms with Crippen molar-refractivity contribution in [2.75, 3.05) is 13.7 Å². The number of phenols is 2. The zero-order chi connectivity index (χ0) is 15.4. The van der Waals surface area contributed by atoms with E-state index in [1.807, 2.05) is 0 Å². The molecule has 0 spiro atoms. The van der Waals surface area contributed by atoms with Crippen molar-refractivity contribution in [1.29, 1.82) is 0 Å². The summed E-state index contributed by atoms with van der Waals surface area (Å²) < 4.78 is 0. The molecule has 7 N–H and O–H groups in total. The third-order valence-electron chi connectivity index (χ3n) is 1.89. The topological polar surface area (TPSA) is 130 Å². The molecule has 0 aromatic heterocycles. The van der Waals surface area contributed by atoms with E-state index in [1.165, 1.54) is 12.1 Å². The largest absolute Gasteiger partial charge is 0.504 e. The van der Waals surface area contributed by atoms with Gasteiger partial charge in [0.25, 0.3) is 0 Å². The predicted molar refractivity (Wildman–Crippen MR) is 74.7 cm³/mol. The van der Waals surface area contributed by atoms with E-state index >= 15 is 0 Å². The Hall–Kier alpha value is -2.05. The fourth-order valence-electron chi connectivity index (χ4n) is 0.891. The molecule has 0 bridgehead atoms. The van der Waals surface area contributed by atoms with Crippen LogP contribution in [-0.4, -0.2) is 34.9 Å². The summed E-state index contributed by atoms with van der Waals surface area (Å²) >= 11 is 0. The minimum absolute atomic E-state index is 0.0871. The van der Waals surface area contributed by atoms with Gasteiger partial charge in [0.15, 0.2) is 11.5 Å². The van der Waals surface area contributed by atoms with E-state index in [4.69, 9.17) is 26.8 Å². The summed E-state index contributed by atoms with van der Waals surface area (Å²) in [5.41, 5.74) is 11.3.